The van der Waals surface area contributed by atoms with E-state index < -0.39 is 0 Å². The molecule has 3 heterocycles. The third kappa shape index (κ3) is 5.31. The van der Waals surface area contributed by atoms with Crippen LogP contribution in [0.1, 0.15) is 42.5 Å². The standard InChI is InChI=1S/C23H33Cl2N3O3/c24-18-13-19(21(30)20(25)14-18)22(31)28-10-5-23(16-28)3-8-27(9-4-23)12-11-26-6-1-17(15-29)2-7-26/h13-14,17,29-30H,1-12,15-16H2. The Kier molecular flexibility index (Phi) is 7.34. The van der Waals surface area contributed by atoms with Crippen LogP contribution in [0.5, 0.6) is 5.75 Å². The summed E-state index contributed by atoms with van der Waals surface area (Å²) in [4.78, 5) is 19.9. The first-order valence-electron chi connectivity index (χ1n) is 11.4. The highest BCUT2D eigenvalue weighted by molar-refractivity contribution is 6.36. The lowest BCUT2D eigenvalue weighted by Crippen LogP contribution is -2.45. The number of aliphatic hydroxyl groups is 1. The lowest BCUT2D eigenvalue weighted by Gasteiger charge is -2.40. The number of hydrogen-bond acceptors (Lipinski definition) is 5. The van der Waals surface area contributed by atoms with Crippen LogP contribution in [0, 0.1) is 11.3 Å². The normalized spacial score (nSPS) is 23.0. The van der Waals surface area contributed by atoms with Crippen molar-refractivity contribution >= 4 is 29.1 Å². The molecule has 0 bridgehead atoms. The van der Waals surface area contributed by atoms with E-state index in [1.165, 1.54) is 12.1 Å². The highest BCUT2D eigenvalue weighted by atomic mass is 35.5. The van der Waals surface area contributed by atoms with E-state index in [1.807, 2.05) is 4.90 Å². The molecule has 3 aliphatic rings. The first kappa shape index (κ1) is 23.1. The molecule has 31 heavy (non-hydrogen) atoms. The summed E-state index contributed by atoms with van der Waals surface area (Å²) in [6.07, 6.45) is 5.43. The summed E-state index contributed by atoms with van der Waals surface area (Å²) in [5.41, 5.74) is 0.376. The van der Waals surface area contributed by atoms with Crippen LogP contribution < -0.4 is 0 Å². The minimum Gasteiger partial charge on any atom is -0.506 e. The number of carbonyl (C=O) groups is 1. The topological polar surface area (TPSA) is 67.2 Å². The number of likely N-dealkylation sites (tertiary alicyclic amines) is 3. The van der Waals surface area contributed by atoms with Gasteiger partial charge in [0.1, 0.15) is 5.75 Å². The fraction of sp³-hybridized carbons (Fsp3) is 0.696. The molecular weight excluding hydrogens is 437 g/mol. The van der Waals surface area contributed by atoms with Gasteiger partial charge in [0.25, 0.3) is 5.91 Å². The number of benzene rings is 1. The van der Waals surface area contributed by atoms with Gasteiger partial charge in [-0.3, -0.25) is 4.79 Å². The molecule has 6 nitrogen and oxygen atoms in total. The van der Waals surface area contributed by atoms with Crippen LogP contribution in [-0.2, 0) is 0 Å². The van der Waals surface area contributed by atoms with Crippen molar-refractivity contribution in [3.63, 3.8) is 0 Å². The van der Waals surface area contributed by atoms with Gasteiger partial charge in [0.2, 0.25) is 0 Å². The van der Waals surface area contributed by atoms with Gasteiger partial charge >= 0.3 is 0 Å². The lowest BCUT2D eigenvalue weighted by molar-refractivity contribution is 0.0687. The maximum Gasteiger partial charge on any atom is 0.257 e. The molecule has 3 fully saturated rings. The number of aliphatic hydroxyl groups excluding tert-OH is 1. The Hall–Kier alpha value is -1.05. The SMILES string of the molecule is O=C(c1cc(Cl)cc(Cl)c1O)N1CCC2(CCN(CCN3CCC(CO)CC3)CC2)C1. The van der Waals surface area contributed by atoms with Gasteiger partial charge in [0, 0.05) is 37.8 Å². The Morgan fingerprint density at radius 2 is 1.61 bits per heavy atom. The van der Waals surface area contributed by atoms with Gasteiger partial charge in [-0.05, 0) is 81.7 Å². The van der Waals surface area contributed by atoms with Crippen molar-refractivity contribution in [1.29, 1.82) is 0 Å². The van der Waals surface area contributed by atoms with E-state index in [0.717, 1.165) is 77.9 Å². The van der Waals surface area contributed by atoms with Crippen LogP contribution in [0.4, 0.5) is 0 Å². The first-order valence-corrected chi connectivity index (χ1v) is 12.2. The highest BCUT2D eigenvalue weighted by Crippen LogP contribution is 2.42. The average Bonchev–Trinajstić information content (AvgIpc) is 3.19. The predicted octanol–water partition coefficient (Wildman–Crippen LogP) is 3.33. The summed E-state index contributed by atoms with van der Waals surface area (Å²) in [6, 6.07) is 2.95. The summed E-state index contributed by atoms with van der Waals surface area (Å²) in [6.45, 7) is 8.31. The molecule has 0 saturated carbocycles. The molecule has 1 spiro atoms. The number of halogens is 2. The van der Waals surface area contributed by atoms with Crippen molar-refractivity contribution < 1.29 is 15.0 Å². The van der Waals surface area contributed by atoms with E-state index in [-0.39, 0.29) is 27.7 Å². The van der Waals surface area contributed by atoms with Gasteiger partial charge in [0.05, 0.1) is 10.6 Å². The van der Waals surface area contributed by atoms with Crippen molar-refractivity contribution in [2.24, 2.45) is 11.3 Å². The van der Waals surface area contributed by atoms with Gasteiger partial charge < -0.3 is 24.9 Å². The molecule has 0 radical (unpaired) electrons. The Bertz CT molecular complexity index is 791. The number of phenolic OH excluding ortho intramolecular Hbond substituents is 1. The minimum absolute atomic E-state index is 0.110. The Morgan fingerprint density at radius 1 is 1.00 bits per heavy atom. The number of hydrogen-bond donors (Lipinski definition) is 2. The quantitative estimate of drug-likeness (QED) is 0.691. The third-order valence-electron chi connectivity index (χ3n) is 7.60. The molecule has 4 rings (SSSR count). The van der Waals surface area contributed by atoms with E-state index in [0.29, 0.717) is 24.1 Å². The van der Waals surface area contributed by atoms with Gasteiger partial charge in [-0.25, -0.2) is 0 Å². The van der Waals surface area contributed by atoms with Gasteiger partial charge in [0.15, 0.2) is 0 Å². The molecular formula is C23H33Cl2N3O3. The van der Waals surface area contributed by atoms with Crippen LogP contribution in [-0.4, -0.2) is 89.8 Å². The van der Waals surface area contributed by atoms with Crippen LogP contribution in [0.3, 0.4) is 0 Å². The molecule has 0 aliphatic carbocycles. The van der Waals surface area contributed by atoms with E-state index in [2.05, 4.69) is 9.80 Å². The molecule has 3 saturated heterocycles. The molecule has 1 aromatic carbocycles. The zero-order chi connectivity index (χ0) is 22.0. The second-order valence-electron chi connectivity index (χ2n) is 9.57. The molecule has 172 valence electrons. The van der Waals surface area contributed by atoms with Crippen molar-refractivity contribution in [2.45, 2.75) is 32.1 Å². The second-order valence-corrected chi connectivity index (χ2v) is 10.4. The molecule has 0 atom stereocenters. The van der Waals surface area contributed by atoms with E-state index in [9.17, 15) is 15.0 Å². The highest BCUT2D eigenvalue weighted by Gasteiger charge is 2.42. The molecule has 3 aliphatic heterocycles. The van der Waals surface area contributed by atoms with E-state index >= 15 is 0 Å². The Balaban J connectivity index is 1.26. The molecule has 8 heteroatoms. The first-order chi connectivity index (χ1) is 14.9. The maximum absolute atomic E-state index is 13.0. The summed E-state index contributed by atoms with van der Waals surface area (Å²) in [7, 11) is 0. The molecule has 1 amide bonds. The third-order valence-corrected chi connectivity index (χ3v) is 8.10. The molecule has 0 unspecified atom stereocenters. The van der Waals surface area contributed by atoms with Crippen molar-refractivity contribution in [2.75, 3.05) is 59.0 Å². The summed E-state index contributed by atoms with van der Waals surface area (Å²) in [5, 5.41) is 20.0. The van der Waals surface area contributed by atoms with Crippen LogP contribution in [0.2, 0.25) is 10.0 Å². The van der Waals surface area contributed by atoms with Gasteiger partial charge in [-0.15, -0.1) is 0 Å². The van der Waals surface area contributed by atoms with Crippen molar-refractivity contribution in [3.05, 3.63) is 27.7 Å². The number of rotatable bonds is 5. The molecule has 1 aromatic rings. The fourth-order valence-electron chi connectivity index (χ4n) is 5.34. The monoisotopic (exact) mass is 469 g/mol. The number of aromatic hydroxyl groups is 1. The van der Waals surface area contributed by atoms with Crippen LogP contribution >= 0.6 is 23.2 Å². The summed E-state index contributed by atoms with van der Waals surface area (Å²) < 4.78 is 0. The predicted molar refractivity (Wildman–Crippen MR) is 123 cm³/mol. The minimum atomic E-state index is -0.188. The number of nitrogens with zero attached hydrogens (tertiary/aromatic N) is 3. The van der Waals surface area contributed by atoms with Crippen molar-refractivity contribution in [3.8, 4) is 5.75 Å². The number of carbonyl (C=O) groups excluding carboxylic acids is 1. The largest absolute Gasteiger partial charge is 0.506 e. The number of phenols is 1. The second kappa shape index (κ2) is 9.84. The Labute approximate surface area is 194 Å². The molecule has 0 aromatic heterocycles. The zero-order valence-corrected chi connectivity index (χ0v) is 19.5. The smallest absolute Gasteiger partial charge is 0.257 e. The van der Waals surface area contributed by atoms with E-state index in [4.69, 9.17) is 23.2 Å². The van der Waals surface area contributed by atoms with Gasteiger partial charge in [-0.2, -0.15) is 0 Å². The average molecular weight is 470 g/mol. The van der Waals surface area contributed by atoms with Crippen molar-refractivity contribution in [1.82, 2.24) is 14.7 Å². The zero-order valence-electron chi connectivity index (χ0n) is 18.0. The van der Waals surface area contributed by atoms with Crippen LogP contribution in [0.25, 0.3) is 0 Å². The fourth-order valence-corrected chi connectivity index (χ4v) is 5.84. The summed E-state index contributed by atoms with van der Waals surface area (Å²) in [5.74, 6) is 0.117. The van der Waals surface area contributed by atoms with Gasteiger partial charge in [-0.1, -0.05) is 23.2 Å². The van der Waals surface area contributed by atoms with Crippen LogP contribution in [0.15, 0.2) is 12.1 Å². The maximum atomic E-state index is 13.0. The number of amides is 1. The summed E-state index contributed by atoms with van der Waals surface area (Å²) >= 11 is 12.0. The molecule has 2 N–H and O–H groups in total. The van der Waals surface area contributed by atoms with E-state index in [1.54, 1.807) is 0 Å². The number of piperidine rings is 2. The Morgan fingerprint density at radius 3 is 2.26 bits per heavy atom. The lowest BCUT2D eigenvalue weighted by atomic mass is 9.78.